The Bertz CT molecular complexity index is 784. The number of carbonyl (C=O) groups is 1. The van der Waals surface area contributed by atoms with Gasteiger partial charge in [0.25, 0.3) is 0 Å². The molecule has 0 aromatic carbocycles. The van der Waals surface area contributed by atoms with Crippen LogP contribution in [0.4, 0.5) is 0 Å². The molecule has 0 saturated heterocycles. The fraction of sp³-hybridized carbons (Fsp3) is 0.857. The van der Waals surface area contributed by atoms with Crippen molar-refractivity contribution >= 4 is 13.7 Å². The van der Waals surface area contributed by atoms with Crippen LogP contribution in [0.1, 0.15) is 142 Å². The lowest BCUT2D eigenvalue weighted by atomic mass is 10.1. The van der Waals surface area contributed by atoms with E-state index in [2.05, 4.69) is 31.3 Å². The fourth-order valence-corrected chi connectivity index (χ4v) is 5.47. The Labute approximate surface area is 271 Å². The zero-order valence-electron chi connectivity index (χ0n) is 29.1. The fourth-order valence-electron chi connectivity index (χ4n) is 4.74. The number of hydrogen-bond donors (Lipinski definition) is 3. The van der Waals surface area contributed by atoms with Gasteiger partial charge in [-0.3, -0.25) is 13.8 Å². The van der Waals surface area contributed by atoms with Crippen molar-refractivity contribution in [3.8, 4) is 0 Å². The summed E-state index contributed by atoms with van der Waals surface area (Å²) in [5.74, 6) is -0.192. The van der Waals surface area contributed by atoms with Crippen LogP contribution in [0.2, 0.25) is 0 Å². The van der Waals surface area contributed by atoms with Crippen molar-refractivity contribution in [2.75, 3.05) is 40.9 Å². The molecule has 0 saturated carbocycles. The lowest BCUT2D eigenvalue weighted by Gasteiger charge is -2.25. The first-order valence-corrected chi connectivity index (χ1v) is 19.2. The van der Waals surface area contributed by atoms with E-state index in [1.807, 2.05) is 27.2 Å². The Morgan fingerprint density at radius 2 is 1.23 bits per heavy atom. The molecule has 0 aliphatic heterocycles. The number of rotatable bonds is 31. The van der Waals surface area contributed by atoms with Gasteiger partial charge in [0, 0.05) is 6.42 Å². The minimum Gasteiger partial charge on any atom is -0.387 e. The molecule has 0 aliphatic carbocycles. The van der Waals surface area contributed by atoms with Crippen LogP contribution in [0.15, 0.2) is 24.3 Å². The number of allylic oxidation sites excluding steroid dienone is 3. The average molecular weight is 646 g/mol. The number of phosphoric acid groups is 1. The molecule has 1 amide bonds. The molecular weight excluding hydrogens is 575 g/mol. The molecule has 0 radical (unpaired) electrons. The second-order valence-electron chi connectivity index (χ2n) is 13.2. The van der Waals surface area contributed by atoms with Gasteiger partial charge in [-0.25, -0.2) is 4.57 Å². The molecule has 0 rings (SSSR count). The number of unbranched alkanes of at least 4 members (excludes halogenated alkanes) is 16. The number of quaternary nitrogens is 1. The topological polar surface area (TPSA) is 105 Å². The van der Waals surface area contributed by atoms with Gasteiger partial charge in [0.1, 0.15) is 13.2 Å². The van der Waals surface area contributed by atoms with E-state index in [4.69, 9.17) is 9.05 Å². The Morgan fingerprint density at radius 1 is 0.750 bits per heavy atom. The maximum Gasteiger partial charge on any atom is 0.472 e. The minimum absolute atomic E-state index is 0.0601. The zero-order chi connectivity index (χ0) is 32.9. The first kappa shape index (κ1) is 43.0. The van der Waals surface area contributed by atoms with Gasteiger partial charge >= 0.3 is 7.82 Å². The second-order valence-corrected chi connectivity index (χ2v) is 14.7. The number of aliphatic hydroxyl groups excluding tert-OH is 1. The van der Waals surface area contributed by atoms with Crippen LogP contribution in [0.3, 0.4) is 0 Å². The van der Waals surface area contributed by atoms with Gasteiger partial charge in [-0.1, -0.05) is 115 Å². The highest BCUT2D eigenvalue weighted by molar-refractivity contribution is 7.47. The average Bonchev–Trinajstić information content (AvgIpc) is 2.95. The maximum absolute atomic E-state index is 12.7. The summed E-state index contributed by atoms with van der Waals surface area (Å²) in [7, 11) is 1.56. The normalized spacial score (nSPS) is 15.2. The molecule has 3 atom stereocenters. The summed E-state index contributed by atoms with van der Waals surface area (Å²) in [6, 6.07) is -0.843. The van der Waals surface area contributed by atoms with Gasteiger partial charge in [-0.15, -0.1) is 0 Å². The number of phosphoric ester groups is 1. The summed E-state index contributed by atoms with van der Waals surface area (Å²) in [5.41, 5.74) is 0. The molecule has 0 aliphatic rings. The molecule has 3 unspecified atom stereocenters. The third kappa shape index (κ3) is 29.7. The smallest absolute Gasteiger partial charge is 0.387 e. The molecule has 0 spiro atoms. The molecular formula is C35H70N2O6P+. The van der Waals surface area contributed by atoms with Crippen molar-refractivity contribution in [3.05, 3.63) is 24.3 Å². The number of hydrogen-bond acceptors (Lipinski definition) is 5. The van der Waals surface area contributed by atoms with Crippen LogP contribution < -0.4 is 5.32 Å². The van der Waals surface area contributed by atoms with E-state index in [0.29, 0.717) is 17.4 Å². The van der Waals surface area contributed by atoms with E-state index in [-0.39, 0.29) is 19.1 Å². The Hall–Kier alpha value is -1.02. The van der Waals surface area contributed by atoms with Crippen molar-refractivity contribution in [1.29, 1.82) is 0 Å². The summed E-state index contributed by atoms with van der Waals surface area (Å²) in [5, 5.41) is 13.6. The van der Waals surface area contributed by atoms with Gasteiger partial charge in [0.05, 0.1) is 39.9 Å². The summed E-state index contributed by atoms with van der Waals surface area (Å²) < 4.78 is 23.3. The summed E-state index contributed by atoms with van der Waals surface area (Å²) >= 11 is 0. The van der Waals surface area contributed by atoms with E-state index in [0.717, 1.165) is 51.4 Å². The molecule has 3 N–H and O–H groups in total. The van der Waals surface area contributed by atoms with Crippen LogP contribution in [0, 0.1) is 0 Å². The summed E-state index contributed by atoms with van der Waals surface area (Å²) in [4.78, 5) is 22.9. The van der Waals surface area contributed by atoms with Crippen LogP contribution in [0.5, 0.6) is 0 Å². The molecule has 0 fully saturated rings. The monoisotopic (exact) mass is 645 g/mol. The SMILES string of the molecule is CCCCCC/C=C\CCCCCCCC(=O)NC(COP(=O)(O)OCC[N+](C)(C)C)C(O)/C=C/CCCCCCCCC. The van der Waals surface area contributed by atoms with Gasteiger partial charge in [-0.05, 0) is 44.9 Å². The van der Waals surface area contributed by atoms with E-state index in [9.17, 15) is 19.4 Å². The van der Waals surface area contributed by atoms with Crippen LogP contribution in [-0.4, -0.2) is 73.4 Å². The molecule has 8 nitrogen and oxygen atoms in total. The number of carbonyl (C=O) groups excluding carboxylic acids is 1. The number of amides is 1. The van der Waals surface area contributed by atoms with Crippen LogP contribution in [0.25, 0.3) is 0 Å². The minimum atomic E-state index is -4.32. The summed E-state index contributed by atoms with van der Waals surface area (Å²) in [6.07, 6.45) is 29.5. The van der Waals surface area contributed by atoms with E-state index >= 15 is 0 Å². The van der Waals surface area contributed by atoms with E-state index in [1.165, 1.54) is 70.6 Å². The largest absolute Gasteiger partial charge is 0.472 e. The number of nitrogens with one attached hydrogen (secondary N) is 1. The van der Waals surface area contributed by atoms with Crippen molar-refractivity contribution < 1.29 is 32.9 Å². The number of nitrogens with zero attached hydrogens (tertiary/aromatic N) is 1. The first-order chi connectivity index (χ1) is 21.0. The molecule has 0 heterocycles. The maximum atomic E-state index is 12.7. The second kappa shape index (κ2) is 28.2. The molecule has 0 bridgehead atoms. The van der Waals surface area contributed by atoms with Gasteiger partial charge in [-0.2, -0.15) is 0 Å². The molecule has 0 aromatic rings. The van der Waals surface area contributed by atoms with E-state index in [1.54, 1.807) is 6.08 Å². The third-order valence-corrected chi connectivity index (χ3v) is 8.65. The number of likely N-dealkylation sites (N-methyl/N-ethyl adjacent to an activating group) is 1. The standard InChI is InChI=1S/C35H69N2O6P/c1-6-8-10-12-14-16-17-18-19-21-23-25-27-29-35(39)36-33(32-43-44(40,41)42-31-30-37(3,4)5)34(38)28-26-24-22-20-15-13-11-9-7-2/h16-17,26,28,33-34,38H,6-15,18-25,27,29-32H2,1-5H3,(H-,36,39,40,41)/p+1/b17-16-,28-26+. The Balaban J connectivity index is 4.58. The highest BCUT2D eigenvalue weighted by Gasteiger charge is 2.27. The molecule has 9 heteroatoms. The van der Waals surface area contributed by atoms with E-state index < -0.39 is 20.0 Å². The third-order valence-electron chi connectivity index (χ3n) is 7.67. The van der Waals surface area contributed by atoms with Crippen molar-refractivity contribution in [1.82, 2.24) is 5.32 Å². The Kier molecular flexibility index (Phi) is 27.6. The van der Waals surface area contributed by atoms with Crippen molar-refractivity contribution in [3.63, 3.8) is 0 Å². The van der Waals surface area contributed by atoms with Gasteiger partial charge < -0.3 is 19.8 Å². The highest BCUT2D eigenvalue weighted by atomic mass is 31.2. The predicted molar refractivity (Wildman–Crippen MR) is 185 cm³/mol. The van der Waals surface area contributed by atoms with Crippen molar-refractivity contribution in [2.45, 2.75) is 154 Å². The molecule has 260 valence electrons. The van der Waals surface area contributed by atoms with Crippen molar-refractivity contribution in [2.24, 2.45) is 0 Å². The lowest BCUT2D eigenvalue weighted by molar-refractivity contribution is -0.870. The lowest BCUT2D eigenvalue weighted by Crippen LogP contribution is -2.45. The Morgan fingerprint density at radius 3 is 1.77 bits per heavy atom. The van der Waals surface area contributed by atoms with Gasteiger partial charge in [0.15, 0.2) is 0 Å². The molecule has 0 aromatic heterocycles. The zero-order valence-corrected chi connectivity index (χ0v) is 30.0. The molecule has 44 heavy (non-hydrogen) atoms. The number of aliphatic hydroxyl groups is 1. The van der Waals surface area contributed by atoms with Crippen LogP contribution >= 0.6 is 7.82 Å². The summed E-state index contributed by atoms with van der Waals surface area (Å²) in [6.45, 7) is 4.73. The van der Waals surface area contributed by atoms with Gasteiger partial charge in [0.2, 0.25) is 5.91 Å². The quantitative estimate of drug-likeness (QED) is 0.0302. The predicted octanol–water partition coefficient (Wildman–Crippen LogP) is 8.63. The van der Waals surface area contributed by atoms with Crippen LogP contribution in [-0.2, 0) is 18.4 Å². The highest BCUT2D eigenvalue weighted by Crippen LogP contribution is 2.43. The first-order valence-electron chi connectivity index (χ1n) is 17.7.